The molecule has 2 N–H and O–H groups in total. The number of rotatable bonds is 15. The van der Waals surface area contributed by atoms with E-state index < -0.39 is 5.97 Å². The summed E-state index contributed by atoms with van der Waals surface area (Å²) in [7, 11) is 1.72. The second-order valence-corrected chi connectivity index (χ2v) is 7.12. The fraction of sp³-hybridized carbons (Fsp3) is 0.682. The van der Waals surface area contributed by atoms with Gasteiger partial charge in [0.1, 0.15) is 11.5 Å². The van der Waals surface area contributed by atoms with Crippen molar-refractivity contribution in [1.82, 2.24) is 0 Å². The SMILES string of the molecule is CCCCCc1cc(O)cc(CCCCCCCCCC(=O)O)c1OC. The first kappa shape index (κ1) is 22.3. The molecule has 0 aliphatic heterocycles. The third kappa shape index (κ3) is 9.12. The summed E-state index contributed by atoms with van der Waals surface area (Å²) in [5.41, 5.74) is 2.23. The Labute approximate surface area is 158 Å². The number of hydrogen-bond acceptors (Lipinski definition) is 3. The van der Waals surface area contributed by atoms with Crippen LogP contribution in [0, 0.1) is 0 Å². The minimum Gasteiger partial charge on any atom is -0.508 e. The molecule has 1 rings (SSSR count). The number of ether oxygens (including phenoxy) is 1. The maximum Gasteiger partial charge on any atom is 0.303 e. The van der Waals surface area contributed by atoms with Crippen LogP contribution in [0.4, 0.5) is 0 Å². The first-order chi connectivity index (χ1) is 12.6. The summed E-state index contributed by atoms with van der Waals surface area (Å²) in [6.45, 7) is 2.19. The third-order valence-corrected chi connectivity index (χ3v) is 4.82. The molecule has 0 unspecified atom stereocenters. The number of hydrogen-bond donors (Lipinski definition) is 2. The van der Waals surface area contributed by atoms with Gasteiger partial charge in [0, 0.05) is 6.42 Å². The highest BCUT2D eigenvalue weighted by Crippen LogP contribution is 2.31. The largest absolute Gasteiger partial charge is 0.508 e. The van der Waals surface area contributed by atoms with Crippen molar-refractivity contribution in [2.75, 3.05) is 7.11 Å². The average Bonchev–Trinajstić information content (AvgIpc) is 2.60. The van der Waals surface area contributed by atoms with E-state index >= 15 is 0 Å². The normalized spacial score (nSPS) is 10.8. The zero-order valence-electron chi connectivity index (χ0n) is 16.6. The summed E-state index contributed by atoms with van der Waals surface area (Å²) in [5, 5.41) is 18.6. The fourth-order valence-electron chi connectivity index (χ4n) is 3.41. The van der Waals surface area contributed by atoms with Crippen LogP contribution in [0.25, 0.3) is 0 Å². The molecule has 0 aliphatic rings. The van der Waals surface area contributed by atoms with Crippen LogP contribution in [0.5, 0.6) is 11.5 Å². The van der Waals surface area contributed by atoms with E-state index in [-0.39, 0.29) is 6.42 Å². The molecular weight excluding hydrogens is 328 g/mol. The predicted octanol–water partition coefficient (Wildman–Crippen LogP) is 5.88. The Morgan fingerprint density at radius 1 is 0.885 bits per heavy atom. The van der Waals surface area contributed by atoms with Crippen LogP contribution in [0.1, 0.15) is 88.7 Å². The molecule has 0 aromatic heterocycles. The highest BCUT2D eigenvalue weighted by Gasteiger charge is 2.11. The fourth-order valence-corrected chi connectivity index (χ4v) is 3.41. The number of carbonyl (C=O) groups is 1. The van der Waals surface area contributed by atoms with E-state index in [9.17, 15) is 9.90 Å². The lowest BCUT2D eigenvalue weighted by atomic mass is 9.98. The molecule has 0 saturated carbocycles. The van der Waals surface area contributed by atoms with Gasteiger partial charge in [-0.05, 0) is 55.4 Å². The number of benzene rings is 1. The monoisotopic (exact) mass is 364 g/mol. The zero-order chi connectivity index (χ0) is 19.2. The van der Waals surface area contributed by atoms with Crippen LogP contribution in [-0.4, -0.2) is 23.3 Å². The van der Waals surface area contributed by atoms with Gasteiger partial charge < -0.3 is 14.9 Å². The summed E-state index contributed by atoms with van der Waals surface area (Å²) in [6, 6.07) is 3.68. The van der Waals surface area contributed by atoms with E-state index in [0.717, 1.165) is 68.2 Å². The molecule has 0 atom stereocenters. The Hall–Kier alpha value is -1.71. The van der Waals surface area contributed by atoms with Gasteiger partial charge in [0.2, 0.25) is 0 Å². The summed E-state index contributed by atoms with van der Waals surface area (Å²) in [6.07, 6.45) is 13.2. The topological polar surface area (TPSA) is 66.8 Å². The maximum atomic E-state index is 10.5. The molecule has 0 spiro atoms. The molecule has 4 heteroatoms. The number of aromatic hydroxyl groups is 1. The Balaban J connectivity index is 2.36. The van der Waals surface area contributed by atoms with Crippen LogP contribution in [0.3, 0.4) is 0 Å². The Bertz CT molecular complexity index is 525. The van der Waals surface area contributed by atoms with Crippen molar-refractivity contribution in [2.24, 2.45) is 0 Å². The van der Waals surface area contributed by atoms with Gasteiger partial charge in [-0.25, -0.2) is 0 Å². The van der Waals surface area contributed by atoms with E-state index in [2.05, 4.69) is 6.92 Å². The van der Waals surface area contributed by atoms with Gasteiger partial charge in [0.25, 0.3) is 0 Å². The smallest absolute Gasteiger partial charge is 0.303 e. The van der Waals surface area contributed by atoms with Crippen LogP contribution < -0.4 is 4.74 Å². The van der Waals surface area contributed by atoms with Gasteiger partial charge in [0.05, 0.1) is 7.11 Å². The Kier molecular flexibility index (Phi) is 11.6. The molecule has 0 radical (unpaired) electrons. The number of phenols is 1. The summed E-state index contributed by atoms with van der Waals surface area (Å²) in [4.78, 5) is 10.5. The van der Waals surface area contributed by atoms with Crippen molar-refractivity contribution < 1.29 is 19.7 Å². The van der Waals surface area contributed by atoms with E-state index in [0.29, 0.717) is 5.75 Å². The quantitative estimate of drug-likeness (QED) is 0.381. The van der Waals surface area contributed by atoms with Crippen molar-refractivity contribution in [3.8, 4) is 11.5 Å². The van der Waals surface area contributed by atoms with Gasteiger partial charge in [-0.15, -0.1) is 0 Å². The molecule has 4 nitrogen and oxygen atoms in total. The number of carboxylic acids is 1. The minimum atomic E-state index is -0.695. The number of aryl methyl sites for hydroxylation is 2. The Morgan fingerprint density at radius 2 is 1.38 bits per heavy atom. The van der Waals surface area contributed by atoms with Gasteiger partial charge >= 0.3 is 5.97 Å². The zero-order valence-corrected chi connectivity index (χ0v) is 16.6. The minimum absolute atomic E-state index is 0.290. The highest BCUT2D eigenvalue weighted by atomic mass is 16.5. The molecule has 0 heterocycles. The summed E-state index contributed by atoms with van der Waals surface area (Å²) < 4.78 is 5.64. The summed E-state index contributed by atoms with van der Waals surface area (Å²) >= 11 is 0. The molecule has 1 aromatic rings. The van der Waals surface area contributed by atoms with Crippen LogP contribution >= 0.6 is 0 Å². The first-order valence-corrected chi connectivity index (χ1v) is 10.2. The molecule has 0 aliphatic carbocycles. The average molecular weight is 365 g/mol. The van der Waals surface area contributed by atoms with Crippen molar-refractivity contribution in [3.63, 3.8) is 0 Å². The van der Waals surface area contributed by atoms with Crippen molar-refractivity contribution in [3.05, 3.63) is 23.3 Å². The third-order valence-electron chi connectivity index (χ3n) is 4.82. The second kappa shape index (κ2) is 13.5. The molecule has 0 fully saturated rings. The number of carboxylic acid groups (broad SMARTS) is 1. The van der Waals surface area contributed by atoms with E-state index in [1.165, 1.54) is 25.7 Å². The Morgan fingerprint density at radius 3 is 1.88 bits per heavy atom. The lowest BCUT2D eigenvalue weighted by Gasteiger charge is -2.14. The van der Waals surface area contributed by atoms with Crippen LogP contribution in [0.15, 0.2) is 12.1 Å². The van der Waals surface area contributed by atoms with Crippen LogP contribution in [0.2, 0.25) is 0 Å². The lowest BCUT2D eigenvalue weighted by molar-refractivity contribution is -0.137. The molecule has 1 aromatic carbocycles. The van der Waals surface area contributed by atoms with E-state index in [1.807, 2.05) is 12.1 Å². The molecule has 26 heavy (non-hydrogen) atoms. The highest BCUT2D eigenvalue weighted by molar-refractivity contribution is 5.66. The van der Waals surface area contributed by atoms with E-state index in [1.54, 1.807) is 7.11 Å². The molecule has 0 saturated heterocycles. The van der Waals surface area contributed by atoms with Crippen molar-refractivity contribution in [2.45, 2.75) is 90.4 Å². The van der Waals surface area contributed by atoms with Gasteiger partial charge in [-0.3, -0.25) is 4.79 Å². The molecular formula is C22H36O4. The second-order valence-electron chi connectivity index (χ2n) is 7.12. The maximum absolute atomic E-state index is 10.5. The number of methoxy groups -OCH3 is 1. The lowest BCUT2D eigenvalue weighted by Crippen LogP contribution is -1.99. The molecule has 0 bridgehead atoms. The first-order valence-electron chi connectivity index (χ1n) is 10.2. The number of phenolic OH excluding ortho intramolecular Hbond substituents is 1. The van der Waals surface area contributed by atoms with Crippen LogP contribution in [-0.2, 0) is 17.6 Å². The predicted molar refractivity (Wildman–Crippen MR) is 106 cm³/mol. The molecule has 148 valence electrons. The standard InChI is InChI=1S/C22H36O4/c1-3-4-10-13-18-16-20(23)17-19(22(18)26-2)14-11-8-6-5-7-9-12-15-21(24)25/h16-17,23H,3-15H2,1-2H3,(H,24,25). The van der Waals surface area contributed by atoms with Crippen molar-refractivity contribution >= 4 is 5.97 Å². The van der Waals surface area contributed by atoms with Gasteiger partial charge in [-0.1, -0.05) is 51.9 Å². The molecule has 0 amide bonds. The summed E-state index contributed by atoms with van der Waals surface area (Å²) in [5.74, 6) is 0.595. The van der Waals surface area contributed by atoms with Crippen molar-refractivity contribution in [1.29, 1.82) is 0 Å². The number of aliphatic carboxylic acids is 1. The number of unbranched alkanes of at least 4 members (excludes halogenated alkanes) is 8. The van der Waals surface area contributed by atoms with E-state index in [4.69, 9.17) is 9.84 Å². The van der Waals surface area contributed by atoms with Gasteiger partial charge in [0.15, 0.2) is 0 Å². The van der Waals surface area contributed by atoms with Gasteiger partial charge in [-0.2, -0.15) is 0 Å².